The second-order valence-electron chi connectivity index (χ2n) is 5.01. The minimum Gasteiger partial charge on any atom is -0.493 e. The molecule has 0 aliphatic heterocycles. The summed E-state index contributed by atoms with van der Waals surface area (Å²) in [4.78, 5) is 0. The van der Waals surface area contributed by atoms with E-state index < -0.39 is 0 Å². The van der Waals surface area contributed by atoms with Gasteiger partial charge in [0, 0.05) is 13.2 Å². The Bertz CT molecular complexity index is 558. The molecule has 2 rings (SSSR count). The van der Waals surface area contributed by atoms with Crippen molar-refractivity contribution in [2.24, 2.45) is 0 Å². The molecule has 0 atom stereocenters. The van der Waals surface area contributed by atoms with Crippen molar-refractivity contribution >= 4 is 0 Å². The van der Waals surface area contributed by atoms with Gasteiger partial charge in [-0.3, -0.25) is 0 Å². The molecule has 118 valence electrons. The molecule has 4 nitrogen and oxygen atoms in total. The molecule has 0 saturated heterocycles. The van der Waals surface area contributed by atoms with Gasteiger partial charge in [0.1, 0.15) is 6.61 Å². The maximum absolute atomic E-state index is 8.78. The van der Waals surface area contributed by atoms with E-state index in [-0.39, 0.29) is 6.61 Å². The van der Waals surface area contributed by atoms with Crippen molar-refractivity contribution in [1.29, 1.82) is 0 Å². The molecule has 0 spiro atoms. The minimum absolute atomic E-state index is 0.209. The fourth-order valence-corrected chi connectivity index (χ4v) is 2.12. The van der Waals surface area contributed by atoms with Crippen molar-refractivity contribution in [3.8, 4) is 11.5 Å². The van der Waals surface area contributed by atoms with E-state index in [0.29, 0.717) is 6.61 Å². The fourth-order valence-electron chi connectivity index (χ4n) is 2.12. The number of nitrogens with one attached hydrogen (secondary N) is 1. The quantitative estimate of drug-likeness (QED) is 0.699. The number of hydrogen-bond acceptors (Lipinski definition) is 4. The van der Waals surface area contributed by atoms with Crippen molar-refractivity contribution in [3.05, 3.63) is 59.7 Å². The van der Waals surface area contributed by atoms with Gasteiger partial charge >= 0.3 is 0 Å². The van der Waals surface area contributed by atoms with E-state index in [4.69, 9.17) is 14.6 Å². The number of methoxy groups -OCH3 is 1. The molecule has 0 heterocycles. The van der Waals surface area contributed by atoms with Crippen molar-refractivity contribution in [1.82, 2.24) is 5.32 Å². The van der Waals surface area contributed by atoms with E-state index >= 15 is 0 Å². The first-order valence-corrected chi connectivity index (χ1v) is 7.48. The highest BCUT2D eigenvalue weighted by molar-refractivity contribution is 5.43. The van der Waals surface area contributed by atoms with Crippen LogP contribution in [0.1, 0.15) is 17.5 Å². The molecule has 0 bridgehead atoms. The Morgan fingerprint density at radius 1 is 1.00 bits per heavy atom. The largest absolute Gasteiger partial charge is 0.493 e. The van der Waals surface area contributed by atoms with Crippen molar-refractivity contribution in [2.45, 2.75) is 19.6 Å². The predicted octanol–water partition coefficient (Wildman–Crippen LogP) is 2.75. The lowest BCUT2D eigenvalue weighted by atomic mass is 10.2. The highest BCUT2D eigenvalue weighted by Gasteiger charge is 2.06. The van der Waals surface area contributed by atoms with Crippen LogP contribution in [0, 0.1) is 0 Å². The zero-order valence-corrected chi connectivity index (χ0v) is 12.9. The van der Waals surface area contributed by atoms with Crippen LogP contribution in [0.25, 0.3) is 0 Å². The normalized spacial score (nSPS) is 10.5. The summed E-state index contributed by atoms with van der Waals surface area (Å²) < 4.78 is 11.2. The number of rotatable bonds is 9. The van der Waals surface area contributed by atoms with Crippen LogP contribution in [-0.2, 0) is 13.2 Å². The molecule has 0 amide bonds. The molecule has 22 heavy (non-hydrogen) atoms. The average molecular weight is 301 g/mol. The summed E-state index contributed by atoms with van der Waals surface area (Å²) >= 11 is 0. The second-order valence-corrected chi connectivity index (χ2v) is 5.01. The van der Waals surface area contributed by atoms with Gasteiger partial charge in [0.25, 0.3) is 0 Å². The highest BCUT2D eigenvalue weighted by atomic mass is 16.5. The van der Waals surface area contributed by atoms with E-state index in [0.717, 1.165) is 42.1 Å². The van der Waals surface area contributed by atoms with Gasteiger partial charge in [-0.1, -0.05) is 36.4 Å². The van der Waals surface area contributed by atoms with Crippen LogP contribution in [0.2, 0.25) is 0 Å². The van der Waals surface area contributed by atoms with Gasteiger partial charge in [-0.05, 0) is 36.2 Å². The Balaban J connectivity index is 1.98. The third-order valence-corrected chi connectivity index (χ3v) is 3.31. The van der Waals surface area contributed by atoms with Gasteiger partial charge in [-0.25, -0.2) is 0 Å². The minimum atomic E-state index is 0.209. The summed E-state index contributed by atoms with van der Waals surface area (Å²) in [5.41, 5.74) is 2.25. The monoisotopic (exact) mass is 301 g/mol. The molecule has 0 fully saturated rings. The van der Waals surface area contributed by atoms with Crippen molar-refractivity contribution in [3.63, 3.8) is 0 Å². The van der Waals surface area contributed by atoms with Crippen LogP contribution in [0.4, 0.5) is 0 Å². The Kier molecular flexibility index (Phi) is 6.74. The lowest BCUT2D eigenvalue weighted by Crippen LogP contribution is -2.15. The first-order valence-electron chi connectivity index (χ1n) is 7.48. The van der Waals surface area contributed by atoms with E-state index in [1.165, 1.54) is 0 Å². The van der Waals surface area contributed by atoms with Gasteiger partial charge in [0.2, 0.25) is 0 Å². The molecule has 2 N–H and O–H groups in total. The maximum atomic E-state index is 8.78. The Hall–Kier alpha value is -2.04. The van der Waals surface area contributed by atoms with Gasteiger partial charge < -0.3 is 19.9 Å². The van der Waals surface area contributed by atoms with E-state index in [1.54, 1.807) is 7.11 Å². The molecule has 0 unspecified atom stereocenters. The van der Waals surface area contributed by atoms with Crippen LogP contribution in [0.15, 0.2) is 48.5 Å². The Labute approximate surface area is 131 Å². The van der Waals surface area contributed by atoms with Crippen LogP contribution in [0.5, 0.6) is 11.5 Å². The average Bonchev–Trinajstić information content (AvgIpc) is 2.58. The van der Waals surface area contributed by atoms with Crippen LogP contribution in [-0.4, -0.2) is 25.4 Å². The van der Waals surface area contributed by atoms with Crippen LogP contribution >= 0.6 is 0 Å². The first kappa shape index (κ1) is 16.3. The molecule has 0 saturated carbocycles. The van der Waals surface area contributed by atoms with Gasteiger partial charge in [-0.2, -0.15) is 0 Å². The third kappa shape index (κ3) is 5.06. The van der Waals surface area contributed by atoms with E-state index in [9.17, 15) is 0 Å². The summed E-state index contributed by atoms with van der Waals surface area (Å²) in [6.45, 7) is 2.26. The molecule has 0 radical (unpaired) electrons. The van der Waals surface area contributed by atoms with Crippen LogP contribution in [0.3, 0.4) is 0 Å². The number of benzene rings is 2. The zero-order chi connectivity index (χ0) is 15.6. The maximum Gasteiger partial charge on any atom is 0.161 e. The Morgan fingerprint density at radius 2 is 1.82 bits per heavy atom. The van der Waals surface area contributed by atoms with Crippen molar-refractivity contribution in [2.75, 3.05) is 20.3 Å². The summed E-state index contributed by atoms with van der Waals surface area (Å²) in [6.07, 6.45) is 0.757. The number of aliphatic hydroxyl groups is 1. The lowest BCUT2D eigenvalue weighted by Gasteiger charge is -2.13. The number of aliphatic hydroxyl groups excluding tert-OH is 1. The van der Waals surface area contributed by atoms with E-state index in [2.05, 4.69) is 5.32 Å². The lowest BCUT2D eigenvalue weighted by molar-refractivity contribution is 0.283. The third-order valence-electron chi connectivity index (χ3n) is 3.31. The standard InChI is InChI=1S/C18H23NO3/c1-21-17-9-8-16(13-19-10-5-11-20)12-18(17)22-14-15-6-3-2-4-7-15/h2-4,6-9,12,19-20H,5,10-11,13-14H2,1H3. The number of hydrogen-bond donors (Lipinski definition) is 2. The summed E-state index contributed by atoms with van der Waals surface area (Å²) in [5, 5.41) is 12.1. The van der Waals surface area contributed by atoms with Gasteiger partial charge in [-0.15, -0.1) is 0 Å². The highest BCUT2D eigenvalue weighted by Crippen LogP contribution is 2.28. The SMILES string of the molecule is COc1ccc(CNCCCO)cc1OCc1ccccc1. The molecular weight excluding hydrogens is 278 g/mol. The second kappa shape index (κ2) is 9.07. The molecule has 2 aromatic rings. The fraction of sp³-hybridized carbons (Fsp3) is 0.333. The summed E-state index contributed by atoms with van der Waals surface area (Å²) in [6, 6.07) is 16.0. The van der Waals surface area contributed by atoms with Crippen molar-refractivity contribution < 1.29 is 14.6 Å². The smallest absolute Gasteiger partial charge is 0.161 e. The van der Waals surface area contributed by atoms with Crippen LogP contribution < -0.4 is 14.8 Å². The first-order chi connectivity index (χ1) is 10.8. The molecular formula is C18H23NO3. The molecule has 0 aliphatic rings. The number of ether oxygens (including phenoxy) is 2. The summed E-state index contributed by atoms with van der Waals surface area (Å²) in [5.74, 6) is 1.47. The van der Waals surface area contributed by atoms with Gasteiger partial charge in [0.05, 0.1) is 7.11 Å². The van der Waals surface area contributed by atoms with E-state index in [1.807, 2.05) is 48.5 Å². The summed E-state index contributed by atoms with van der Waals surface area (Å²) in [7, 11) is 1.64. The topological polar surface area (TPSA) is 50.7 Å². The Morgan fingerprint density at radius 3 is 2.55 bits per heavy atom. The zero-order valence-electron chi connectivity index (χ0n) is 12.9. The predicted molar refractivity (Wildman–Crippen MR) is 87.2 cm³/mol. The molecule has 0 aliphatic carbocycles. The molecule has 0 aromatic heterocycles. The molecule has 4 heteroatoms. The molecule has 2 aromatic carbocycles. The van der Waals surface area contributed by atoms with Gasteiger partial charge in [0.15, 0.2) is 11.5 Å².